The lowest BCUT2D eigenvalue weighted by atomic mass is 10.2. The summed E-state index contributed by atoms with van der Waals surface area (Å²) in [6.07, 6.45) is 0. The molecule has 0 aromatic heterocycles. The largest absolute Gasteiger partial charge is 0.120 e. The zero-order chi connectivity index (χ0) is 12.3. The quantitative estimate of drug-likeness (QED) is 0.609. The summed E-state index contributed by atoms with van der Waals surface area (Å²) in [7, 11) is 0. The summed E-state index contributed by atoms with van der Waals surface area (Å²) in [5.41, 5.74) is 1.26. The van der Waals surface area contributed by atoms with E-state index in [0.29, 0.717) is 5.02 Å². The highest BCUT2D eigenvalue weighted by Crippen LogP contribution is 2.32. The fourth-order valence-corrected chi connectivity index (χ4v) is 3.04. The molecule has 0 spiro atoms. The standard InChI is InChI=1S/C13H9BrCl2S/c14-10-3-1-9(2-4-10)8-17-13-7-11(15)5-6-12(13)16/h1-7H,8H2. The van der Waals surface area contributed by atoms with Gasteiger partial charge in [0.25, 0.3) is 0 Å². The van der Waals surface area contributed by atoms with Gasteiger partial charge in [-0.1, -0.05) is 51.3 Å². The molecule has 0 saturated heterocycles. The lowest BCUT2D eigenvalue weighted by Crippen LogP contribution is -1.81. The van der Waals surface area contributed by atoms with Crippen molar-refractivity contribution in [3.05, 3.63) is 62.5 Å². The van der Waals surface area contributed by atoms with Crippen LogP contribution in [0.5, 0.6) is 0 Å². The third kappa shape index (κ3) is 3.92. The molecule has 2 aromatic rings. The Morgan fingerprint density at radius 2 is 1.71 bits per heavy atom. The molecule has 2 rings (SSSR count). The minimum absolute atomic E-state index is 0.715. The zero-order valence-corrected chi connectivity index (χ0v) is 12.7. The molecule has 0 fully saturated rings. The van der Waals surface area contributed by atoms with E-state index in [4.69, 9.17) is 23.2 Å². The second-order valence-corrected chi connectivity index (χ2v) is 6.27. The van der Waals surface area contributed by atoms with Gasteiger partial charge in [0.15, 0.2) is 0 Å². The monoisotopic (exact) mass is 346 g/mol. The van der Waals surface area contributed by atoms with E-state index in [1.165, 1.54) is 5.56 Å². The topological polar surface area (TPSA) is 0 Å². The van der Waals surface area contributed by atoms with Gasteiger partial charge >= 0.3 is 0 Å². The third-order valence-electron chi connectivity index (χ3n) is 2.20. The maximum Gasteiger partial charge on any atom is 0.0543 e. The fraction of sp³-hybridized carbons (Fsp3) is 0.0769. The van der Waals surface area contributed by atoms with E-state index < -0.39 is 0 Å². The number of hydrogen-bond donors (Lipinski definition) is 0. The Morgan fingerprint density at radius 3 is 2.41 bits per heavy atom. The van der Waals surface area contributed by atoms with Gasteiger partial charge in [0, 0.05) is 20.1 Å². The molecular formula is C13H9BrCl2S. The summed E-state index contributed by atoms with van der Waals surface area (Å²) in [6.45, 7) is 0. The molecule has 0 heterocycles. The first kappa shape index (κ1) is 13.3. The average molecular weight is 348 g/mol. The minimum Gasteiger partial charge on any atom is -0.120 e. The van der Waals surface area contributed by atoms with Crippen LogP contribution in [0.1, 0.15) is 5.56 Å². The molecular weight excluding hydrogens is 339 g/mol. The van der Waals surface area contributed by atoms with Crippen molar-refractivity contribution < 1.29 is 0 Å². The number of hydrogen-bond acceptors (Lipinski definition) is 1. The van der Waals surface area contributed by atoms with Crippen molar-refractivity contribution in [3.63, 3.8) is 0 Å². The normalized spacial score (nSPS) is 10.5. The van der Waals surface area contributed by atoms with E-state index in [1.807, 2.05) is 24.3 Å². The molecule has 88 valence electrons. The molecule has 0 saturated carbocycles. The lowest BCUT2D eigenvalue weighted by molar-refractivity contribution is 1.37. The smallest absolute Gasteiger partial charge is 0.0543 e. The van der Waals surface area contributed by atoms with E-state index >= 15 is 0 Å². The van der Waals surface area contributed by atoms with Crippen molar-refractivity contribution in [2.24, 2.45) is 0 Å². The molecule has 0 nitrogen and oxygen atoms in total. The molecule has 0 amide bonds. The van der Waals surface area contributed by atoms with Gasteiger partial charge in [-0.25, -0.2) is 0 Å². The summed E-state index contributed by atoms with van der Waals surface area (Å²) in [5, 5.41) is 1.46. The third-order valence-corrected chi connectivity index (χ3v) is 4.53. The molecule has 0 atom stereocenters. The summed E-state index contributed by atoms with van der Waals surface area (Å²) in [6, 6.07) is 13.8. The van der Waals surface area contributed by atoms with Crippen molar-refractivity contribution in [1.82, 2.24) is 0 Å². The molecule has 0 N–H and O–H groups in total. The maximum atomic E-state index is 6.10. The van der Waals surface area contributed by atoms with Crippen LogP contribution in [0, 0.1) is 0 Å². The first-order chi connectivity index (χ1) is 8.15. The highest BCUT2D eigenvalue weighted by Gasteiger charge is 2.02. The van der Waals surface area contributed by atoms with Crippen LogP contribution in [-0.4, -0.2) is 0 Å². The number of benzene rings is 2. The fourth-order valence-electron chi connectivity index (χ4n) is 1.33. The van der Waals surface area contributed by atoms with Crippen molar-refractivity contribution in [2.45, 2.75) is 10.6 Å². The van der Waals surface area contributed by atoms with Crippen LogP contribution in [-0.2, 0) is 5.75 Å². The Labute approximate surface area is 123 Å². The first-order valence-corrected chi connectivity index (χ1v) is 7.51. The lowest BCUT2D eigenvalue weighted by Gasteiger charge is -2.05. The average Bonchev–Trinajstić information content (AvgIpc) is 2.32. The summed E-state index contributed by atoms with van der Waals surface area (Å²) >= 11 is 17.1. The van der Waals surface area contributed by atoms with Crippen LogP contribution in [0.3, 0.4) is 0 Å². The Bertz CT molecular complexity index is 511. The number of thioether (sulfide) groups is 1. The van der Waals surface area contributed by atoms with Gasteiger partial charge in [-0.3, -0.25) is 0 Å². The van der Waals surface area contributed by atoms with E-state index in [9.17, 15) is 0 Å². The van der Waals surface area contributed by atoms with Crippen molar-refractivity contribution in [1.29, 1.82) is 0 Å². The van der Waals surface area contributed by atoms with Crippen LogP contribution in [0.2, 0.25) is 10.0 Å². The Morgan fingerprint density at radius 1 is 1.00 bits per heavy atom. The molecule has 0 bridgehead atoms. The maximum absolute atomic E-state index is 6.10. The van der Waals surface area contributed by atoms with E-state index in [1.54, 1.807) is 17.8 Å². The number of halogens is 3. The summed E-state index contributed by atoms with van der Waals surface area (Å²) in [4.78, 5) is 1.02. The van der Waals surface area contributed by atoms with Crippen molar-refractivity contribution >= 4 is 50.9 Å². The van der Waals surface area contributed by atoms with Gasteiger partial charge in [-0.15, -0.1) is 11.8 Å². The molecule has 0 aliphatic heterocycles. The predicted molar refractivity (Wildman–Crippen MR) is 80.2 cm³/mol. The van der Waals surface area contributed by atoms with Gasteiger partial charge in [0.05, 0.1) is 5.02 Å². The second kappa shape index (κ2) is 6.14. The van der Waals surface area contributed by atoms with E-state index in [-0.39, 0.29) is 0 Å². The number of rotatable bonds is 3. The van der Waals surface area contributed by atoms with E-state index in [2.05, 4.69) is 28.1 Å². The van der Waals surface area contributed by atoms with Crippen molar-refractivity contribution in [3.8, 4) is 0 Å². The summed E-state index contributed by atoms with van der Waals surface area (Å²) in [5.74, 6) is 0.882. The molecule has 0 unspecified atom stereocenters. The minimum atomic E-state index is 0.715. The zero-order valence-electron chi connectivity index (χ0n) is 8.79. The van der Waals surface area contributed by atoms with Gasteiger partial charge in [-0.2, -0.15) is 0 Å². The Kier molecular flexibility index (Phi) is 4.80. The highest BCUT2D eigenvalue weighted by molar-refractivity contribution is 9.10. The van der Waals surface area contributed by atoms with Gasteiger partial charge < -0.3 is 0 Å². The summed E-state index contributed by atoms with van der Waals surface area (Å²) < 4.78 is 1.09. The van der Waals surface area contributed by atoms with Crippen LogP contribution in [0.25, 0.3) is 0 Å². The molecule has 17 heavy (non-hydrogen) atoms. The highest BCUT2D eigenvalue weighted by atomic mass is 79.9. The second-order valence-electron chi connectivity index (χ2n) is 3.49. The molecule has 2 aromatic carbocycles. The van der Waals surface area contributed by atoms with Gasteiger partial charge in [-0.05, 0) is 35.9 Å². The van der Waals surface area contributed by atoms with Gasteiger partial charge in [0.1, 0.15) is 0 Å². The molecule has 0 aliphatic carbocycles. The molecule has 0 aliphatic rings. The first-order valence-electron chi connectivity index (χ1n) is 4.97. The van der Waals surface area contributed by atoms with E-state index in [0.717, 1.165) is 20.1 Å². The van der Waals surface area contributed by atoms with Crippen molar-refractivity contribution in [2.75, 3.05) is 0 Å². The molecule has 0 radical (unpaired) electrons. The predicted octanol–water partition coefficient (Wildman–Crippen LogP) is 6.05. The Balaban J connectivity index is 2.07. The van der Waals surface area contributed by atoms with Crippen LogP contribution in [0.4, 0.5) is 0 Å². The van der Waals surface area contributed by atoms with Crippen LogP contribution >= 0.6 is 50.9 Å². The Hall–Kier alpha value is -0.150. The van der Waals surface area contributed by atoms with Gasteiger partial charge in [0.2, 0.25) is 0 Å². The molecule has 4 heteroatoms. The van der Waals surface area contributed by atoms with Crippen LogP contribution < -0.4 is 0 Å². The van der Waals surface area contributed by atoms with Crippen LogP contribution in [0.15, 0.2) is 51.8 Å². The SMILES string of the molecule is Clc1ccc(Cl)c(SCc2ccc(Br)cc2)c1.